The lowest BCUT2D eigenvalue weighted by molar-refractivity contribution is -0.123. The number of nitrogens with one attached hydrogen (secondary N) is 2. The Labute approximate surface area is 93.7 Å². The molecule has 0 saturated heterocycles. The van der Waals surface area contributed by atoms with Crippen LogP contribution >= 0.6 is 0 Å². The second-order valence-electron chi connectivity index (χ2n) is 4.31. The lowest BCUT2D eigenvalue weighted by Crippen LogP contribution is -2.47. The van der Waals surface area contributed by atoms with Crippen molar-refractivity contribution in [2.75, 3.05) is 12.0 Å². The number of hydrogen-bond acceptors (Lipinski definition) is 3. The Morgan fingerprint density at radius 2 is 2.07 bits per heavy atom. The van der Waals surface area contributed by atoms with Crippen LogP contribution in [0.1, 0.15) is 26.7 Å². The van der Waals surface area contributed by atoms with E-state index in [1.165, 1.54) is 0 Å². The van der Waals surface area contributed by atoms with Gasteiger partial charge in [0.25, 0.3) is 0 Å². The standard InChI is InChI=1S/C10H20N2O2S/c1-7(6-15(3)14)11-8(2)10(13)12-9-4-5-9/h7-9,11H,4-6H2,1-3H3,(H,12,13). The van der Waals surface area contributed by atoms with Crippen molar-refractivity contribution in [3.63, 3.8) is 0 Å². The number of carbonyl (C=O) groups is 1. The predicted molar refractivity (Wildman–Crippen MR) is 62.2 cm³/mol. The first kappa shape index (κ1) is 12.6. The molecule has 4 nitrogen and oxygen atoms in total. The van der Waals surface area contributed by atoms with Crippen molar-refractivity contribution < 1.29 is 9.00 Å². The zero-order valence-corrected chi connectivity index (χ0v) is 10.4. The third kappa shape index (κ3) is 5.28. The smallest absolute Gasteiger partial charge is 0.237 e. The molecule has 0 spiro atoms. The normalized spacial score (nSPS) is 21.8. The topological polar surface area (TPSA) is 58.2 Å². The van der Waals surface area contributed by atoms with Crippen LogP contribution in [0.2, 0.25) is 0 Å². The van der Waals surface area contributed by atoms with Crippen LogP contribution in [-0.4, -0.2) is 40.3 Å². The van der Waals surface area contributed by atoms with Gasteiger partial charge in [-0.1, -0.05) is 0 Å². The number of amides is 1. The van der Waals surface area contributed by atoms with Crippen molar-refractivity contribution in [3.8, 4) is 0 Å². The average Bonchev–Trinajstić information content (AvgIpc) is 2.86. The quantitative estimate of drug-likeness (QED) is 0.678. The molecule has 1 saturated carbocycles. The second-order valence-corrected chi connectivity index (χ2v) is 5.79. The zero-order valence-electron chi connectivity index (χ0n) is 9.58. The molecule has 88 valence electrons. The molecule has 15 heavy (non-hydrogen) atoms. The number of rotatable bonds is 6. The van der Waals surface area contributed by atoms with Gasteiger partial charge in [0, 0.05) is 34.9 Å². The highest BCUT2D eigenvalue weighted by atomic mass is 32.2. The van der Waals surface area contributed by atoms with Crippen molar-refractivity contribution in [1.82, 2.24) is 10.6 Å². The Morgan fingerprint density at radius 1 is 1.47 bits per heavy atom. The van der Waals surface area contributed by atoms with Crippen LogP contribution in [0.4, 0.5) is 0 Å². The fourth-order valence-corrected chi connectivity index (χ4v) is 2.26. The third-order valence-electron chi connectivity index (χ3n) is 2.34. The highest BCUT2D eigenvalue weighted by Gasteiger charge is 2.25. The van der Waals surface area contributed by atoms with E-state index in [2.05, 4.69) is 10.6 Å². The summed E-state index contributed by atoms with van der Waals surface area (Å²) < 4.78 is 11.0. The first-order valence-corrected chi connectivity index (χ1v) is 7.08. The summed E-state index contributed by atoms with van der Waals surface area (Å²) in [6.45, 7) is 3.79. The average molecular weight is 232 g/mol. The predicted octanol–water partition coefficient (Wildman–Crippen LogP) is 0.0101. The maximum atomic E-state index is 11.6. The van der Waals surface area contributed by atoms with Crippen LogP contribution in [0, 0.1) is 0 Å². The van der Waals surface area contributed by atoms with E-state index in [1.807, 2.05) is 13.8 Å². The molecule has 0 aromatic heterocycles. The maximum absolute atomic E-state index is 11.6. The van der Waals surface area contributed by atoms with Gasteiger partial charge in [0.1, 0.15) is 0 Å². The summed E-state index contributed by atoms with van der Waals surface area (Å²) in [4.78, 5) is 11.6. The van der Waals surface area contributed by atoms with Crippen molar-refractivity contribution >= 4 is 16.7 Å². The van der Waals surface area contributed by atoms with Crippen molar-refractivity contribution in [1.29, 1.82) is 0 Å². The lowest BCUT2D eigenvalue weighted by Gasteiger charge is -2.18. The van der Waals surface area contributed by atoms with Gasteiger partial charge in [-0.2, -0.15) is 0 Å². The molecule has 1 rings (SSSR count). The molecule has 2 N–H and O–H groups in total. The van der Waals surface area contributed by atoms with E-state index in [0.717, 1.165) is 12.8 Å². The largest absolute Gasteiger partial charge is 0.352 e. The SMILES string of the molecule is CC(CS(C)=O)NC(C)C(=O)NC1CC1. The van der Waals surface area contributed by atoms with E-state index in [4.69, 9.17) is 0 Å². The monoisotopic (exact) mass is 232 g/mol. The van der Waals surface area contributed by atoms with Crippen LogP contribution < -0.4 is 10.6 Å². The first-order valence-electron chi connectivity index (χ1n) is 5.35. The maximum Gasteiger partial charge on any atom is 0.237 e. The van der Waals surface area contributed by atoms with Crippen molar-refractivity contribution in [2.45, 2.75) is 44.8 Å². The van der Waals surface area contributed by atoms with Gasteiger partial charge >= 0.3 is 0 Å². The van der Waals surface area contributed by atoms with Gasteiger partial charge in [-0.05, 0) is 26.7 Å². The van der Waals surface area contributed by atoms with E-state index in [1.54, 1.807) is 6.26 Å². The molecule has 1 aliphatic carbocycles. The van der Waals surface area contributed by atoms with Crippen molar-refractivity contribution in [3.05, 3.63) is 0 Å². The molecule has 1 fully saturated rings. The summed E-state index contributed by atoms with van der Waals surface area (Å²) in [5.41, 5.74) is 0. The summed E-state index contributed by atoms with van der Waals surface area (Å²) in [5.74, 6) is 0.632. The molecule has 5 heteroatoms. The number of carbonyl (C=O) groups excluding carboxylic acids is 1. The van der Waals surface area contributed by atoms with Gasteiger partial charge in [-0.15, -0.1) is 0 Å². The van der Waals surface area contributed by atoms with E-state index in [9.17, 15) is 9.00 Å². The van der Waals surface area contributed by atoms with Crippen LogP contribution in [0.25, 0.3) is 0 Å². The number of hydrogen-bond donors (Lipinski definition) is 2. The third-order valence-corrected chi connectivity index (χ3v) is 3.31. The summed E-state index contributed by atoms with van der Waals surface area (Å²) in [6.07, 6.45) is 3.88. The molecule has 0 aromatic carbocycles. The molecule has 0 aromatic rings. The van der Waals surface area contributed by atoms with Gasteiger partial charge in [0.05, 0.1) is 6.04 Å². The first-order chi connectivity index (χ1) is 6.99. The highest BCUT2D eigenvalue weighted by Crippen LogP contribution is 2.18. The molecular weight excluding hydrogens is 212 g/mol. The molecule has 3 atom stereocenters. The van der Waals surface area contributed by atoms with Crippen molar-refractivity contribution in [2.24, 2.45) is 0 Å². The molecule has 0 aliphatic heterocycles. The van der Waals surface area contributed by atoms with Gasteiger partial charge < -0.3 is 10.6 Å². The van der Waals surface area contributed by atoms with Crippen LogP contribution in [0.3, 0.4) is 0 Å². The minimum atomic E-state index is -0.818. The lowest BCUT2D eigenvalue weighted by atomic mass is 10.2. The van der Waals surface area contributed by atoms with Gasteiger partial charge in [-0.25, -0.2) is 0 Å². The van der Waals surface area contributed by atoms with E-state index >= 15 is 0 Å². The zero-order chi connectivity index (χ0) is 11.4. The van der Waals surface area contributed by atoms with Gasteiger partial charge in [-0.3, -0.25) is 9.00 Å². The Bertz CT molecular complexity index is 254. The van der Waals surface area contributed by atoms with Crippen LogP contribution in [0.15, 0.2) is 0 Å². The molecular formula is C10H20N2O2S. The Kier molecular flexibility index (Phi) is 4.73. The Morgan fingerprint density at radius 3 is 2.53 bits per heavy atom. The Balaban J connectivity index is 2.23. The molecule has 1 amide bonds. The molecule has 0 bridgehead atoms. The van der Waals surface area contributed by atoms with Crippen LogP contribution in [0.5, 0.6) is 0 Å². The van der Waals surface area contributed by atoms with Crippen LogP contribution in [-0.2, 0) is 15.6 Å². The summed E-state index contributed by atoms with van der Waals surface area (Å²) in [7, 11) is -0.818. The molecule has 3 unspecified atom stereocenters. The second kappa shape index (κ2) is 5.61. The van der Waals surface area contributed by atoms with Gasteiger partial charge in [0.15, 0.2) is 0 Å². The fourth-order valence-electron chi connectivity index (χ4n) is 1.46. The summed E-state index contributed by atoms with van der Waals surface area (Å²) in [5, 5.41) is 6.07. The minimum absolute atomic E-state index is 0.0474. The van der Waals surface area contributed by atoms with E-state index < -0.39 is 10.8 Å². The Hall–Kier alpha value is -0.420. The molecule has 0 heterocycles. The highest BCUT2D eigenvalue weighted by molar-refractivity contribution is 7.84. The van der Waals surface area contributed by atoms with E-state index in [-0.39, 0.29) is 18.0 Å². The summed E-state index contributed by atoms with van der Waals surface area (Å²) in [6, 6.07) is 0.303. The fraction of sp³-hybridized carbons (Fsp3) is 0.900. The molecule has 0 radical (unpaired) electrons. The molecule has 1 aliphatic rings. The minimum Gasteiger partial charge on any atom is -0.352 e. The van der Waals surface area contributed by atoms with Gasteiger partial charge in [0.2, 0.25) is 5.91 Å². The van der Waals surface area contributed by atoms with E-state index in [0.29, 0.717) is 11.8 Å². The summed E-state index contributed by atoms with van der Waals surface area (Å²) >= 11 is 0.